The van der Waals surface area contributed by atoms with Crippen LogP contribution in [0.1, 0.15) is 45.4 Å². The zero-order chi connectivity index (χ0) is 24.9. The molecule has 34 heavy (non-hydrogen) atoms. The molecule has 3 heterocycles. The van der Waals surface area contributed by atoms with Crippen molar-refractivity contribution in [3.05, 3.63) is 35.5 Å². The molecule has 182 valence electrons. The number of fused-ring (bicyclic) bond motifs is 5. The topological polar surface area (TPSA) is 143 Å². The molecule has 4 atom stereocenters. The van der Waals surface area contributed by atoms with Gasteiger partial charge in [-0.15, -0.1) is 0 Å². The molecule has 0 spiro atoms. The maximum atomic E-state index is 13.9. The van der Waals surface area contributed by atoms with Crippen LogP contribution in [0.4, 0.5) is 4.79 Å². The standard InChI is InChI=1S/C24H30N4O6/c1-12(2)11-17(20(30)26-18(13(3)29)21(31)32)28-22(33)24(4)19-15(9-10-27(24)23(28)34)14-7-5-6-8-16(14)25-19/h5-8,12-13,17-18,25,29H,9-11H2,1-4H3,(H,26,30)(H,31,32)/t13?,17-,18+,24-/m0/s1. The van der Waals surface area contributed by atoms with Crippen LogP contribution in [0.5, 0.6) is 0 Å². The van der Waals surface area contributed by atoms with Gasteiger partial charge in [-0.2, -0.15) is 0 Å². The highest BCUT2D eigenvalue weighted by atomic mass is 16.4. The van der Waals surface area contributed by atoms with Gasteiger partial charge in [0.05, 0.1) is 11.8 Å². The van der Waals surface area contributed by atoms with Crippen molar-refractivity contribution in [2.45, 2.75) is 64.3 Å². The summed E-state index contributed by atoms with van der Waals surface area (Å²) in [5.41, 5.74) is 1.17. The van der Waals surface area contributed by atoms with Crippen molar-refractivity contribution in [3.63, 3.8) is 0 Å². The molecular formula is C24H30N4O6. The highest BCUT2D eigenvalue weighted by molar-refractivity contribution is 6.11. The lowest BCUT2D eigenvalue weighted by Gasteiger charge is -2.36. The quantitative estimate of drug-likeness (QED) is 0.453. The van der Waals surface area contributed by atoms with Crippen LogP contribution in [0.3, 0.4) is 0 Å². The molecular weight excluding hydrogens is 440 g/mol. The molecule has 1 saturated heterocycles. The lowest BCUT2D eigenvalue weighted by molar-refractivity contribution is -0.146. The number of rotatable bonds is 7. The first-order valence-corrected chi connectivity index (χ1v) is 11.4. The van der Waals surface area contributed by atoms with Crippen molar-refractivity contribution >= 4 is 34.7 Å². The summed E-state index contributed by atoms with van der Waals surface area (Å²) in [6.07, 6.45) is -0.644. The molecule has 1 unspecified atom stereocenters. The third-order valence-electron chi connectivity index (χ3n) is 6.85. The number of urea groups is 1. The van der Waals surface area contributed by atoms with Crippen LogP contribution in [0, 0.1) is 5.92 Å². The van der Waals surface area contributed by atoms with Crippen LogP contribution in [-0.4, -0.2) is 73.5 Å². The maximum Gasteiger partial charge on any atom is 0.328 e. The first-order chi connectivity index (χ1) is 16.0. The van der Waals surface area contributed by atoms with E-state index >= 15 is 0 Å². The Morgan fingerprint density at radius 3 is 2.50 bits per heavy atom. The SMILES string of the molecule is CC(C)C[C@@H](C(=O)N[C@@H](C(=O)O)C(C)O)N1C(=O)N2CCc3c([nH]c4ccccc34)[C@@]2(C)C1=O. The second-order valence-corrected chi connectivity index (χ2v) is 9.67. The summed E-state index contributed by atoms with van der Waals surface area (Å²) in [4.78, 5) is 57.9. The van der Waals surface area contributed by atoms with Crippen LogP contribution in [0.2, 0.25) is 0 Å². The van der Waals surface area contributed by atoms with E-state index in [-0.39, 0.29) is 12.3 Å². The van der Waals surface area contributed by atoms with Gasteiger partial charge in [0.15, 0.2) is 11.6 Å². The summed E-state index contributed by atoms with van der Waals surface area (Å²) >= 11 is 0. The first-order valence-electron chi connectivity index (χ1n) is 11.4. The van der Waals surface area contributed by atoms with Gasteiger partial charge in [0, 0.05) is 17.4 Å². The predicted octanol–water partition coefficient (Wildman–Crippen LogP) is 1.57. The summed E-state index contributed by atoms with van der Waals surface area (Å²) in [5, 5.41) is 22.5. The molecule has 10 heteroatoms. The molecule has 1 aromatic heterocycles. The lowest BCUT2D eigenvalue weighted by Crippen LogP contribution is -2.56. The van der Waals surface area contributed by atoms with E-state index in [2.05, 4.69) is 10.3 Å². The van der Waals surface area contributed by atoms with Gasteiger partial charge in [-0.3, -0.25) is 9.59 Å². The van der Waals surface area contributed by atoms with Gasteiger partial charge in [-0.1, -0.05) is 32.0 Å². The number of nitrogens with one attached hydrogen (secondary N) is 2. The number of carboxylic acids is 1. The summed E-state index contributed by atoms with van der Waals surface area (Å²) < 4.78 is 0. The number of carboxylic acid groups (broad SMARTS) is 1. The van der Waals surface area contributed by atoms with E-state index in [1.165, 1.54) is 11.8 Å². The third-order valence-corrected chi connectivity index (χ3v) is 6.85. The summed E-state index contributed by atoms with van der Waals surface area (Å²) in [7, 11) is 0. The Hall–Kier alpha value is -3.40. The molecule has 4 N–H and O–H groups in total. The normalized spacial score (nSPS) is 22.5. The van der Waals surface area contributed by atoms with Crippen molar-refractivity contribution in [2.75, 3.05) is 6.54 Å². The number of aliphatic hydroxyl groups is 1. The van der Waals surface area contributed by atoms with Crippen LogP contribution >= 0.6 is 0 Å². The Morgan fingerprint density at radius 1 is 1.21 bits per heavy atom. The van der Waals surface area contributed by atoms with Gasteiger partial charge in [0.2, 0.25) is 5.91 Å². The molecule has 1 aromatic carbocycles. The van der Waals surface area contributed by atoms with Gasteiger partial charge in [-0.05, 0) is 44.2 Å². The molecule has 0 saturated carbocycles. The zero-order valence-electron chi connectivity index (χ0n) is 19.7. The number of carbonyl (C=O) groups excluding carboxylic acids is 3. The monoisotopic (exact) mass is 470 g/mol. The number of aromatic nitrogens is 1. The zero-order valence-corrected chi connectivity index (χ0v) is 19.7. The van der Waals surface area contributed by atoms with Crippen molar-refractivity contribution < 1.29 is 29.4 Å². The molecule has 1 fully saturated rings. The number of aliphatic hydroxyl groups excluding tert-OH is 1. The fourth-order valence-electron chi connectivity index (χ4n) is 5.11. The van der Waals surface area contributed by atoms with Crippen LogP contribution in [0.25, 0.3) is 10.9 Å². The number of benzene rings is 1. The van der Waals surface area contributed by atoms with Gasteiger partial charge in [-0.25, -0.2) is 14.5 Å². The smallest absolute Gasteiger partial charge is 0.328 e. The average Bonchev–Trinajstić information content (AvgIpc) is 3.24. The van der Waals surface area contributed by atoms with Gasteiger partial charge < -0.3 is 25.4 Å². The molecule has 2 aromatic rings. The Bertz CT molecular complexity index is 1170. The number of para-hydroxylation sites is 1. The van der Waals surface area contributed by atoms with Crippen molar-refractivity contribution in [3.8, 4) is 0 Å². The van der Waals surface area contributed by atoms with Crippen LogP contribution in [-0.2, 0) is 26.3 Å². The number of H-pyrrole nitrogens is 1. The summed E-state index contributed by atoms with van der Waals surface area (Å²) in [6.45, 7) is 6.94. The second-order valence-electron chi connectivity index (χ2n) is 9.67. The van der Waals surface area contributed by atoms with Gasteiger partial charge in [0.25, 0.3) is 5.91 Å². The number of carbonyl (C=O) groups is 4. The van der Waals surface area contributed by atoms with E-state index in [0.29, 0.717) is 18.7 Å². The third kappa shape index (κ3) is 3.53. The highest BCUT2D eigenvalue weighted by Crippen LogP contribution is 2.44. The fraction of sp³-hybridized carbons (Fsp3) is 0.500. The lowest BCUT2D eigenvalue weighted by atomic mass is 9.86. The molecule has 0 aliphatic carbocycles. The van der Waals surface area contributed by atoms with Crippen molar-refractivity contribution in [2.24, 2.45) is 5.92 Å². The largest absolute Gasteiger partial charge is 0.480 e. The Kier molecular flexibility index (Phi) is 5.89. The van der Waals surface area contributed by atoms with E-state index in [9.17, 15) is 29.4 Å². The minimum Gasteiger partial charge on any atom is -0.480 e. The maximum absolute atomic E-state index is 13.9. The Morgan fingerprint density at radius 2 is 1.88 bits per heavy atom. The number of aromatic amines is 1. The molecule has 4 amide bonds. The fourth-order valence-corrected chi connectivity index (χ4v) is 5.11. The van der Waals surface area contributed by atoms with Crippen molar-refractivity contribution in [1.82, 2.24) is 20.1 Å². The number of amides is 4. The summed E-state index contributed by atoms with van der Waals surface area (Å²) in [6, 6.07) is 4.34. The van der Waals surface area contributed by atoms with E-state index < -0.39 is 47.5 Å². The van der Waals surface area contributed by atoms with E-state index in [1.54, 1.807) is 6.92 Å². The minimum absolute atomic E-state index is 0.0692. The van der Waals surface area contributed by atoms with E-state index in [1.807, 2.05) is 38.1 Å². The van der Waals surface area contributed by atoms with Crippen LogP contribution in [0.15, 0.2) is 24.3 Å². The van der Waals surface area contributed by atoms with E-state index in [4.69, 9.17) is 0 Å². The van der Waals surface area contributed by atoms with Gasteiger partial charge >= 0.3 is 12.0 Å². The number of nitrogens with zero attached hydrogens (tertiary/aromatic N) is 2. The molecule has 2 aliphatic rings. The summed E-state index contributed by atoms with van der Waals surface area (Å²) in [5.74, 6) is -2.79. The van der Waals surface area contributed by atoms with Gasteiger partial charge in [0.1, 0.15) is 6.04 Å². The molecule has 2 aliphatic heterocycles. The average molecular weight is 471 g/mol. The Balaban J connectivity index is 1.74. The number of aliphatic carboxylic acids is 1. The molecule has 10 nitrogen and oxygen atoms in total. The number of hydrogen-bond acceptors (Lipinski definition) is 5. The number of hydrogen-bond donors (Lipinski definition) is 4. The first kappa shape index (κ1) is 23.7. The van der Waals surface area contributed by atoms with Crippen molar-refractivity contribution in [1.29, 1.82) is 0 Å². The highest BCUT2D eigenvalue weighted by Gasteiger charge is 2.60. The minimum atomic E-state index is -1.56. The predicted molar refractivity (Wildman–Crippen MR) is 123 cm³/mol. The molecule has 0 radical (unpaired) electrons. The number of imide groups is 1. The van der Waals surface area contributed by atoms with E-state index in [0.717, 1.165) is 21.4 Å². The second kappa shape index (κ2) is 8.43. The Labute approximate surface area is 196 Å². The molecule has 0 bridgehead atoms. The molecule has 4 rings (SSSR count). The van der Waals surface area contributed by atoms with Crippen LogP contribution < -0.4 is 5.32 Å².